The summed E-state index contributed by atoms with van der Waals surface area (Å²) in [5.41, 5.74) is 1.68. The van der Waals surface area contributed by atoms with Gasteiger partial charge in [-0.25, -0.2) is 0 Å². The van der Waals surface area contributed by atoms with E-state index >= 15 is 0 Å². The van der Waals surface area contributed by atoms with Crippen LogP contribution in [-0.2, 0) is 6.42 Å². The highest BCUT2D eigenvalue weighted by Gasteiger charge is 2.01. The van der Waals surface area contributed by atoms with E-state index in [0.29, 0.717) is 12.0 Å². The van der Waals surface area contributed by atoms with Gasteiger partial charge in [-0.05, 0) is 24.1 Å². The molecular weight excluding hydrogens is 166 g/mol. The van der Waals surface area contributed by atoms with E-state index < -0.39 is 0 Å². The second-order valence-corrected chi connectivity index (χ2v) is 2.75. The zero-order chi connectivity index (χ0) is 9.68. The molecular formula is C10H13NO2. The van der Waals surface area contributed by atoms with E-state index in [1.54, 1.807) is 19.2 Å². The van der Waals surface area contributed by atoms with Crippen molar-refractivity contribution < 1.29 is 9.90 Å². The number of carbonyl (C=O) groups is 1. The Morgan fingerprint density at radius 1 is 1.38 bits per heavy atom. The molecule has 0 saturated carbocycles. The Morgan fingerprint density at radius 3 is 2.46 bits per heavy atom. The first kappa shape index (κ1) is 9.74. The fourth-order valence-electron chi connectivity index (χ4n) is 1.10. The molecule has 1 amide bonds. The molecule has 1 rings (SSSR count). The molecule has 0 spiro atoms. The third kappa shape index (κ3) is 2.56. The molecule has 0 aromatic heterocycles. The lowest BCUT2D eigenvalue weighted by Gasteiger charge is -2.01. The molecule has 1 aromatic carbocycles. The van der Waals surface area contributed by atoms with Crippen molar-refractivity contribution in [3.8, 4) is 0 Å². The van der Waals surface area contributed by atoms with Crippen LogP contribution in [0.15, 0.2) is 24.3 Å². The van der Waals surface area contributed by atoms with Crippen molar-refractivity contribution in [3.63, 3.8) is 0 Å². The maximum absolute atomic E-state index is 11.1. The van der Waals surface area contributed by atoms with Crippen LogP contribution in [0.5, 0.6) is 0 Å². The van der Waals surface area contributed by atoms with Crippen LogP contribution >= 0.6 is 0 Å². The van der Waals surface area contributed by atoms with E-state index in [0.717, 1.165) is 5.56 Å². The summed E-state index contributed by atoms with van der Waals surface area (Å²) in [7, 11) is 1.60. The fourth-order valence-corrected chi connectivity index (χ4v) is 1.10. The maximum Gasteiger partial charge on any atom is 0.251 e. The van der Waals surface area contributed by atoms with Gasteiger partial charge in [-0.15, -0.1) is 0 Å². The average molecular weight is 179 g/mol. The van der Waals surface area contributed by atoms with E-state index in [4.69, 9.17) is 5.11 Å². The van der Waals surface area contributed by atoms with Gasteiger partial charge < -0.3 is 10.4 Å². The van der Waals surface area contributed by atoms with Crippen LogP contribution in [0.25, 0.3) is 0 Å². The molecule has 0 saturated heterocycles. The molecule has 0 aliphatic carbocycles. The quantitative estimate of drug-likeness (QED) is 0.713. The Morgan fingerprint density at radius 2 is 2.00 bits per heavy atom. The summed E-state index contributed by atoms with van der Waals surface area (Å²) < 4.78 is 0. The number of aliphatic hydroxyl groups is 1. The third-order valence-electron chi connectivity index (χ3n) is 1.84. The van der Waals surface area contributed by atoms with E-state index in [2.05, 4.69) is 5.32 Å². The predicted molar refractivity (Wildman–Crippen MR) is 50.6 cm³/mol. The van der Waals surface area contributed by atoms with Gasteiger partial charge in [-0.2, -0.15) is 0 Å². The van der Waals surface area contributed by atoms with Crippen LogP contribution in [0.3, 0.4) is 0 Å². The highest BCUT2D eigenvalue weighted by Crippen LogP contribution is 2.04. The Kier molecular flexibility index (Phi) is 3.46. The molecule has 0 heterocycles. The molecule has 0 fully saturated rings. The zero-order valence-corrected chi connectivity index (χ0v) is 7.58. The van der Waals surface area contributed by atoms with E-state index in [1.165, 1.54) is 0 Å². The molecule has 0 unspecified atom stereocenters. The minimum atomic E-state index is -0.0875. The molecule has 3 nitrogen and oxygen atoms in total. The van der Waals surface area contributed by atoms with Gasteiger partial charge in [0.25, 0.3) is 5.91 Å². The average Bonchev–Trinajstić information content (AvgIpc) is 2.18. The van der Waals surface area contributed by atoms with Crippen molar-refractivity contribution >= 4 is 5.91 Å². The third-order valence-corrected chi connectivity index (χ3v) is 1.84. The maximum atomic E-state index is 11.1. The summed E-state index contributed by atoms with van der Waals surface area (Å²) in [6.07, 6.45) is 0.633. The number of rotatable bonds is 3. The molecule has 0 bridgehead atoms. The van der Waals surface area contributed by atoms with Crippen LogP contribution in [0.2, 0.25) is 0 Å². The normalized spacial score (nSPS) is 9.69. The minimum absolute atomic E-state index is 0.0875. The van der Waals surface area contributed by atoms with Crippen molar-refractivity contribution in [1.29, 1.82) is 0 Å². The van der Waals surface area contributed by atoms with Crippen molar-refractivity contribution in [2.24, 2.45) is 0 Å². The lowest BCUT2D eigenvalue weighted by atomic mass is 10.1. The van der Waals surface area contributed by atoms with Gasteiger partial charge in [0.1, 0.15) is 0 Å². The molecule has 0 radical (unpaired) electrons. The van der Waals surface area contributed by atoms with Gasteiger partial charge in [0.05, 0.1) is 0 Å². The number of hydrogen-bond donors (Lipinski definition) is 2. The van der Waals surface area contributed by atoms with Crippen LogP contribution in [-0.4, -0.2) is 24.7 Å². The summed E-state index contributed by atoms with van der Waals surface area (Å²) >= 11 is 0. The van der Waals surface area contributed by atoms with E-state index in [9.17, 15) is 4.79 Å². The summed E-state index contributed by atoms with van der Waals surface area (Å²) in [4.78, 5) is 11.1. The fraction of sp³-hybridized carbons (Fsp3) is 0.300. The largest absolute Gasteiger partial charge is 0.396 e. The van der Waals surface area contributed by atoms with Crippen molar-refractivity contribution in [2.75, 3.05) is 13.7 Å². The number of hydrogen-bond acceptors (Lipinski definition) is 2. The molecule has 0 aliphatic rings. The number of amides is 1. The van der Waals surface area contributed by atoms with Crippen LogP contribution in [0.1, 0.15) is 15.9 Å². The van der Waals surface area contributed by atoms with Gasteiger partial charge >= 0.3 is 0 Å². The molecule has 2 N–H and O–H groups in total. The van der Waals surface area contributed by atoms with Crippen LogP contribution < -0.4 is 5.32 Å². The van der Waals surface area contributed by atoms with E-state index in [1.807, 2.05) is 12.1 Å². The first-order chi connectivity index (χ1) is 6.27. The Hall–Kier alpha value is -1.35. The second-order valence-electron chi connectivity index (χ2n) is 2.75. The Bertz CT molecular complexity index is 279. The number of benzene rings is 1. The second kappa shape index (κ2) is 4.62. The minimum Gasteiger partial charge on any atom is -0.396 e. The molecule has 1 aromatic rings. The molecule has 70 valence electrons. The van der Waals surface area contributed by atoms with E-state index in [-0.39, 0.29) is 12.5 Å². The molecule has 3 heteroatoms. The lowest BCUT2D eigenvalue weighted by Crippen LogP contribution is -2.17. The molecule has 0 atom stereocenters. The molecule has 13 heavy (non-hydrogen) atoms. The monoisotopic (exact) mass is 179 g/mol. The highest BCUT2D eigenvalue weighted by atomic mass is 16.2. The number of nitrogens with one attached hydrogen (secondary N) is 1. The van der Waals surface area contributed by atoms with Crippen molar-refractivity contribution in [3.05, 3.63) is 35.4 Å². The van der Waals surface area contributed by atoms with Crippen LogP contribution in [0.4, 0.5) is 0 Å². The molecule has 0 aliphatic heterocycles. The van der Waals surface area contributed by atoms with Gasteiger partial charge in [-0.1, -0.05) is 12.1 Å². The first-order valence-corrected chi connectivity index (χ1v) is 4.20. The van der Waals surface area contributed by atoms with Crippen LogP contribution in [0, 0.1) is 0 Å². The number of carbonyl (C=O) groups excluding carboxylic acids is 1. The van der Waals surface area contributed by atoms with Gasteiger partial charge in [0.15, 0.2) is 0 Å². The topological polar surface area (TPSA) is 49.3 Å². The van der Waals surface area contributed by atoms with Gasteiger partial charge in [-0.3, -0.25) is 4.79 Å². The summed E-state index contributed by atoms with van der Waals surface area (Å²) in [6.45, 7) is 0.138. The zero-order valence-electron chi connectivity index (χ0n) is 7.58. The van der Waals surface area contributed by atoms with Gasteiger partial charge in [0.2, 0.25) is 0 Å². The summed E-state index contributed by atoms with van der Waals surface area (Å²) in [5.74, 6) is -0.0875. The number of aliphatic hydroxyl groups excluding tert-OH is 1. The van der Waals surface area contributed by atoms with Gasteiger partial charge in [0, 0.05) is 19.2 Å². The SMILES string of the molecule is CNC(=O)c1ccc(CCO)cc1. The lowest BCUT2D eigenvalue weighted by molar-refractivity contribution is 0.0963. The van der Waals surface area contributed by atoms with Crippen molar-refractivity contribution in [1.82, 2.24) is 5.32 Å². The predicted octanol–water partition coefficient (Wildman–Crippen LogP) is 0.581. The Balaban J connectivity index is 2.75. The highest BCUT2D eigenvalue weighted by molar-refractivity contribution is 5.93. The standard InChI is InChI=1S/C10H13NO2/c1-11-10(13)9-4-2-8(3-5-9)6-7-12/h2-5,12H,6-7H2,1H3,(H,11,13). The Labute approximate surface area is 77.4 Å². The smallest absolute Gasteiger partial charge is 0.251 e. The first-order valence-electron chi connectivity index (χ1n) is 4.20. The summed E-state index contributed by atoms with van der Waals surface area (Å²) in [5, 5.41) is 11.2. The summed E-state index contributed by atoms with van der Waals surface area (Å²) in [6, 6.07) is 7.20. The van der Waals surface area contributed by atoms with Crippen molar-refractivity contribution in [2.45, 2.75) is 6.42 Å².